The van der Waals surface area contributed by atoms with Crippen molar-refractivity contribution in [2.24, 2.45) is 5.92 Å². The highest BCUT2D eigenvalue weighted by atomic mass is 16.5. The van der Waals surface area contributed by atoms with Gasteiger partial charge in [0, 0.05) is 32.2 Å². The van der Waals surface area contributed by atoms with E-state index in [9.17, 15) is 4.79 Å². The summed E-state index contributed by atoms with van der Waals surface area (Å²) in [6, 6.07) is 12.5. The van der Waals surface area contributed by atoms with Crippen LogP contribution in [0.2, 0.25) is 0 Å². The van der Waals surface area contributed by atoms with Gasteiger partial charge in [-0.2, -0.15) is 0 Å². The van der Waals surface area contributed by atoms with Crippen LogP contribution in [0.5, 0.6) is 0 Å². The molecule has 5 nitrogen and oxygen atoms in total. The van der Waals surface area contributed by atoms with E-state index in [1.807, 2.05) is 11.0 Å². The third-order valence-electron chi connectivity index (χ3n) is 5.48. The van der Waals surface area contributed by atoms with Gasteiger partial charge in [-0.15, -0.1) is 0 Å². The minimum absolute atomic E-state index is 0.0126. The highest BCUT2D eigenvalue weighted by molar-refractivity contribution is 5.91. The molecule has 158 valence electrons. The third kappa shape index (κ3) is 7.00. The number of carbonyl (C=O) groups excluding carboxylic acids is 1. The number of aromatic nitrogens is 1. The summed E-state index contributed by atoms with van der Waals surface area (Å²) in [5.41, 5.74) is 2.23. The Labute approximate surface area is 175 Å². The second-order valence-corrected chi connectivity index (χ2v) is 8.60. The molecule has 0 spiro atoms. The standard InChI is InChI=1S/C24H35N3O2/c1-20(2)17-22-18-23(29-25-22)24(28)27-15-9-4-3-8-13-26(14-10-16-27)19-21-11-6-5-7-12-21/h5-7,11-12,18,20H,3-4,8-10,13-17,19H2,1-2H3. The van der Waals surface area contributed by atoms with Crippen LogP contribution in [-0.4, -0.2) is 47.0 Å². The van der Waals surface area contributed by atoms with Crippen LogP contribution in [0.3, 0.4) is 0 Å². The van der Waals surface area contributed by atoms with E-state index in [-0.39, 0.29) is 5.91 Å². The average molecular weight is 398 g/mol. The molecule has 29 heavy (non-hydrogen) atoms. The molecular weight excluding hydrogens is 362 g/mol. The van der Waals surface area contributed by atoms with Crippen molar-refractivity contribution in [2.45, 2.75) is 58.9 Å². The minimum atomic E-state index is -0.0126. The Hall–Kier alpha value is -2.14. The Kier molecular flexibility index (Phi) is 8.29. The van der Waals surface area contributed by atoms with E-state index in [0.29, 0.717) is 11.7 Å². The first-order chi connectivity index (χ1) is 14.1. The Morgan fingerprint density at radius 1 is 1.00 bits per heavy atom. The second-order valence-electron chi connectivity index (χ2n) is 8.60. The summed E-state index contributed by atoms with van der Waals surface area (Å²) in [7, 11) is 0. The third-order valence-corrected chi connectivity index (χ3v) is 5.48. The number of hydrogen-bond donors (Lipinski definition) is 0. The number of rotatable bonds is 5. The highest BCUT2D eigenvalue weighted by Gasteiger charge is 2.21. The molecule has 0 unspecified atom stereocenters. The van der Waals surface area contributed by atoms with Crippen molar-refractivity contribution in [3.05, 3.63) is 53.4 Å². The van der Waals surface area contributed by atoms with Crippen LogP contribution in [-0.2, 0) is 13.0 Å². The summed E-state index contributed by atoms with van der Waals surface area (Å²) in [5.74, 6) is 0.870. The molecular formula is C24H35N3O2. The molecule has 0 saturated carbocycles. The molecule has 1 aromatic carbocycles. The maximum atomic E-state index is 13.0. The fourth-order valence-corrected chi connectivity index (χ4v) is 3.99. The van der Waals surface area contributed by atoms with Gasteiger partial charge in [0.25, 0.3) is 5.91 Å². The van der Waals surface area contributed by atoms with Crippen LogP contribution in [0.4, 0.5) is 0 Å². The molecule has 5 heteroatoms. The zero-order chi connectivity index (χ0) is 20.5. The van der Waals surface area contributed by atoms with Gasteiger partial charge in [-0.3, -0.25) is 9.69 Å². The van der Waals surface area contributed by atoms with Crippen molar-refractivity contribution in [3.63, 3.8) is 0 Å². The molecule has 1 aliphatic heterocycles. The predicted octanol–water partition coefficient (Wildman–Crippen LogP) is 4.78. The van der Waals surface area contributed by atoms with Crippen LogP contribution < -0.4 is 0 Å². The number of benzene rings is 1. The van der Waals surface area contributed by atoms with Gasteiger partial charge in [0.15, 0.2) is 0 Å². The van der Waals surface area contributed by atoms with Crippen LogP contribution in [0, 0.1) is 5.92 Å². The summed E-state index contributed by atoms with van der Waals surface area (Å²) >= 11 is 0. The molecule has 1 saturated heterocycles. The van der Waals surface area contributed by atoms with E-state index in [2.05, 4.69) is 54.2 Å². The van der Waals surface area contributed by atoms with Crippen molar-refractivity contribution >= 4 is 5.91 Å². The summed E-state index contributed by atoms with van der Waals surface area (Å²) in [6.45, 7) is 8.98. The van der Waals surface area contributed by atoms with Gasteiger partial charge in [-0.25, -0.2) is 0 Å². The summed E-state index contributed by atoms with van der Waals surface area (Å²) in [5, 5.41) is 4.09. The maximum Gasteiger partial charge on any atom is 0.292 e. The normalized spacial score (nSPS) is 17.3. The molecule has 2 heterocycles. The first-order valence-corrected chi connectivity index (χ1v) is 11.1. The van der Waals surface area contributed by atoms with Crippen molar-refractivity contribution in [1.29, 1.82) is 0 Å². The minimum Gasteiger partial charge on any atom is -0.351 e. The molecule has 1 aromatic heterocycles. The lowest BCUT2D eigenvalue weighted by Gasteiger charge is -2.24. The van der Waals surface area contributed by atoms with Crippen LogP contribution in [0.15, 0.2) is 40.9 Å². The van der Waals surface area contributed by atoms with Gasteiger partial charge >= 0.3 is 0 Å². The van der Waals surface area contributed by atoms with E-state index < -0.39 is 0 Å². The van der Waals surface area contributed by atoms with Gasteiger partial charge in [0.05, 0.1) is 5.69 Å². The summed E-state index contributed by atoms with van der Waals surface area (Å²) in [6.07, 6.45) is 6.47. The second kappa shape index (κ2) is 11.1. The van der Waals surface area contributed by atoms with E-state index in [1.54, 1.807) is 0 Å². The fourth-order valence-electron chi connectivity index (χ4n) is 3.99. The Morgan fingerprint density at radius 2 is 1.69 bits per heavy atom. The molecule has 0 bridgehead atoms. The SMILES string of the molecule is CC(C)Cc1cc(C(=O)N2CCCCCCN(Cc3ccccc3)CCC2)on1. The first-order valence-electron chi connectivity index (χ1n) is 11.1. The summed E-state index contributed by atoms with van der Waals surface area (Å²) in [4.78, 5) is 17.5. The zero-order valence-electron chi connectivity index (χ0n) is 18.0. The van der Waals surface area contributed by atoms with Crippen LogP contribution in [0.1, 0.15) is 67.8 Å². The molecule has 0 N–H and O–H groups in total. The first kappa shape index (κ1) is 21.6. The molecule has 0 atom stereocenters. The lowest BCUT2D eigenvalue weighted by Crippen LogP contribution is -2.34. The van der Waals surface area contributed by atoms with Crippen LogP contribution in [0.25, 0.3) is 0 Å². The topological polar surface area (TPSA) is 49.6 Å². The Morgan fingerprint density at radius 3 is 2.45 bits per heavy atom. The lowest BCUT2D eigenvalue weighted by atomic mass is 10.1. The van der Waals surface area contributed by atoms with Gasteiger partial charge in [-0.1, -0.05) is 62.2 Å². The number of hydrogen-bond acceptors (Lipinski definition) is 4. The predicted molar refractivity (Wildman–Crippen MR) is 116 cm³/mol. The molecule has 0 aliphatic carbocycles. The van der Waals surface area contributed by atoms with E-state index in [4.69, 9.17) is 4.52 Å². The molecule has 3 rings (SSSR count). The average Bonchev–Trinajstić information content (AvgIpc) is 3.14. The van der Waals surface area contributed by atoms with Gasteiger partial charge in [-0.05, 0) is 43.7 Å². The molecule has 1 aliphatic rings. The van der Waals surface area contributed by atoms with Crippen molar-refractivity contribution in [3.8, 4) is 0 Å². The maximum absolute atomic E-state index is 13.0. The molecule has 1 amide bonds. The quantitative estimate of drug-likeness (QED) is 0.728. The van der Waals surface area contributed by atoms with E-state index in [1.165, 1.54) is 18.4 Å². The zero-order valence-corrected chi connectivity index (χ0v) is 18.0. The highest BCUT2D eigenvalue weighted by Crippen LogP contribution is 2.15. The number of amides is 1. The van der Waals surface area contributed by atoms with Gasteiger partial charge in [0.2, 0.25) is 5.76 Å². The van der Waals surface area contributed by atoms with Gasteiger partial charge in [0.1, 0.15) is 0 Å². The molecule has 2 aromatic rings. The van der Waals surface area contributed by atoms with E-state index in [0.717, 1.165) is 64.1 Å². The number of nitrogens with zero attached hydrogens (tertiary/aromatic N) is 3. The van der Waals surface area contributed by atoms with Crippen LogP contribution >= 0.6 is 0 Å². The lowest BCUT2D eigenvalue weighted by molar-refractivity contribution is 0.0704. The fraction of sp³-hybridized carbons (Fsp3) is 0.583. The molecule has 0 radical (unpaired) electrons. The Bertz CT molecular complexity index is 742. The van der Waals surface area contributed by atoms with Crippen molar-refractivity contribution in [2.75, 3.05) is 26.2 Å². The largest absolute Gasteiger partial charge is 0.351 e. The van der Waals surface area contributed by atoms with Crippen molar-refractivity contribution < 1.29 is 9.32 Å². The number of carbonyl (C=O) groups is 1. The molecule has 1 fully saturated rings. The monoisotopic (exact) mass is 397 g/mol. The Balaban J connectivity index is 1.59. The van der Waals surface area contributed by atoms with Gasteiger partial charge < -0.3 is 9.42 Å². The summed E-state index contributed by atoms with van der Waals surface area (Å²) < 4.78 is 5.38. The van der Waals surface area contributed by atoms with E-state index >= 15 is 0 Å². The van der Waals surface area contributed by atoms with Crippen molar-refractivity contribution in [1.82, 2.24) is 15.0 Å². The smallest absolute Gasteiger partial charge is 0.292 e.